The van der Waals surface area contributed by atoms with Gasteiger partial charge < -0.3 is 41.4 Å². The first kappa shape index (κ1) is 41.5. The number of benzene rings is 4. The second-order valence-electron chi connectivity index (χ2n) is 14.7. The zero-order valence-electron chi connectivity index (χ0n) is 32.3. The molecule has 14 heteroatoms. The second-order valence-corrected chi connectivity index (χ2v) is 14.7. The Labute approximate surface area is 330 Å². The monoisotopic (exact) mass is 776 g/mol. The highest BCUT2D eigenvalue weighted by Crippen LogP contribution is 2.21. The highest BCUT2D eigenvalue weighted by molar-refractivity contribution is 5.97. The highest BCUT2D eigenvalue weighted by atomic mass is 16.6. The van der Waals surface area contributed by atoms with Crippen molar-refractivity contribution >= 4 is 57.4 Å². The number of carboxylic acids is 1. The first-order valence-electron chi connectivity index (χ1n) is 18.6. The van der Waals surface area contributed by atoms with Gasteiger partial charge in [-0.1, -0.05) is 91.0 Å². The standard InChI is InChI=1S/C43H48N6O8/c1-43(2,3)57-42(56)49-35(23-30-25-45-32-17-11-10-16-31(30)32)40(54)47-34(22-27-18-19-28-14-8-9-15-29(28)20-27)39(53)48-36(24-37(50)51)41(55)46-33(38(52)44-4)21-26-12-6-5-7-13-26/h5-20,25,33-36,45H,21-24H2,1-4H3,(H,44,52)(H,46,55)(H,47,54)(H,48,53)(H,49,56)(H,50,51)/t33-,34-,35-,36-/m0/s1. The van der Waals surface area contributed by atoms with Crippen molar-refractivity contribution in [2.45, 2.75) is 76.2 Å². The van der Waals surface area contributed by atoms with Crippen LogP contribution in [0.2, 0.25) is 0 Å². The summed E-state index contributed by atoms with van der Waals surface area (Å²) in [7, 11) is 1.41. The van der Waals surface area contributed by atoms with Crippen LogP contribution in [-0.2, 0) is 48.0 Å². The fourth-order valence-electron chi connectivity index (χ4n) is 6.42. The van der Waals surface area contributed by atoms with Gasteiger partial charge in [0, 0.05) is 43.4 Å². The van der Waals surface area contributed by atoms with Gasteiger partial charge in [0.1, 0.15) is 29.8 Å². The summed E-state index contributed by atoms with van der Waals surface area (Å²) in [6.45, 7) is 5.06. The summed E-state index contributed by atoms with van der Waals surface area (Å²) in [5.74, 6) is -4.40. The van der Waals surface area contributed by atoms with Gasteiger partial charge >= 0.3 is 12.1 Å². The summed E-state index contributed by atoms with van der Waals surface area (Å²) in [4.78, 5) is 83.3. The largest absolute Gasteiger partial charge is 0.481 e. The van der Waals surface area contributed by atoms with Gasteiger partial charge in [-0.25, -0.2) is 4.79 Å². The first-order chi connectivity index (χ1) is 27.2. The molecule has 5 aromatic rings. The molecule has 0 fully saturated rings. The lowest BCUT2D eigenvalue weighted by atomic mass is 9.99. The lowest BCUT2D eigenvalue weighted by Gasteiger charge is -2.27. The van der Waals surface area contributed by atoms with Crippen LogP contribution in [0.1, 0.15) is 43.9 Å². The maximum atomic E-state index is 14.3. The summed E-state index contributed by atoms with van der Waals surface area (Å²) in [6.07, 6.45) is 0.126. The predicted molar refractivity (Wildman–Crippen MR) is 215 cm³/mol. The van der Waals surface area contributed by atoms with E-state index < -0.39 is 71.9 Å². The van der Waals surface area contributed by atoms with E-state index in [1.807, 2.05) is 60.7 Å². The molecule has 1 heterocycles. The molecule has 0 aliphatic heterocycles. The van der Waals surface area contributed by atoms with Crippen LogP contribution < -0.4 is 26.6 Å². The number of carboxylic acid groups (broad SMARTS) is 1. The molecule has 4 atom stereocenters. The number of carbonyl (C=O) groups is 6. The molecular weight excluding hydrogens is 729 g/mol. The Kier molecular flexibility index (Phi) is 13.6. The third kappa shape index (κ3) is 11.9. The van der Waals surface area contributed by atoms with E-state index in [2.05, 4.69) is 31.6 Å². The number of aromatic amines is 1. The Morgan fingerprint density at radius 3 is 1.86 bits per heavy atom. The normalized spacial score (nSPS) is 13.4. The summed E-state index contributed by atoms with van der Waals surface area (Å²) in [5, 5.41) is 25.5. The van der Waals surface area contributed by atoms with Crippen molar-refractivity contribution in [3.05, 3.63) is 120 Å². The number of para-hydroxylation sites is 1. The molecule has 0 radical (unpaired) electrons. The summed E-state index contributed by atoms with van der Waals surface area (Å²) >= 11 is 0. The Balaban J connectivity index is 1.44. The molecule has 14 nitrogen and oxygen atoms in total. The Bertz CT molecular complexity index is 2230. The van der Waals surface area contributed by atoms with Crippen LogP contribution in [0.15, 0.2) is 103 Å². The van der Waals surface area contributed by atoms with Crippen molar-refractivity contribution in [2.75, 3.05) is 7.05 Å². The van der Waals surface area contributed by atoms with E-state index in [1.165, 1.54) is 7.05 Å². The van der Waals surface area contributed by atoms with E-state index in [0.717, 1.165) is 32.8 Å². The van der Waals surface area contributed by atoms with Crippen molar-refractivity contribution in [3.8, 4) is 0 Å². The number of likely N-dealkylation sites (N-methyl/N-ethyl adjacent to an activating group) is 1. The number of aromatic nitrogens is 1. The molecule has 1 aromatic heterocycles. The molecule has 0 aliphatic rings. The van der Waals surface area contributed by atoms with E-state index in [1.54, 1.807) is 63.4 Å². The van der Waals surface area contributed by atoms with Crippen LogP contribution in [0.4, 0.5) is 4.79 Å². The van der Waals surface area contributed by atoms with Gasteiger partial charge in [0.2, 0.25) is 23.6 Å². The van der Waals surface area contributed by atoms with Crippen LogP contribution in [0.5, 0.6) is 0 Å². The number of aliphatic carboxylic acids is 1. The molecule has 5 amide bonds. The topological polar surface area (TPSA) is 208 Å². The fourth-order valence-corrected chi connectivity index (χ4v) is 6.42. The molecular formula is C43H48N6O8. The van der Waals surface area contributed by atoms with Gasteiger partial charge in [-0.15, -0.1) is 0 Å². The van der Waals surface area contributed by atoms with Crippen LogP contribution in [0.25, 0.3) is 21.7 Å². The van der Waals surface area contributed by atoms with Gasteiger partial charge in [-0.3, -0.25) is 24.0 Å². The number of fused-ring (bicyclic) bond motifs is 2. The Morgan fingerprint density at radius 1 is 0.632 bits per heavy atom. The van der Waals surface area contributed by atoms with Gasteiger partial charge in [0.25, 0.3) is 0 Å². The molecule has 0 saturated carbocycles. The van der Waals surface area contributed by atoms with Crippen molar-refractivity contribution in [1.29, 1.82) is 0 Å². The van der Waals surface area contributed by atoms with E-state index in [9.17, 15) is 33.9 Å². The molecule has 0 bridgehead atoms. The maximum absolute atomic E-state index is 14.3. The molecule has 0 unspecified atom stereocenters. The summed E-state index contributed by atoms with van der Waals surface area (Å²) in [6, 6.07) is 24.2. The van der Waals surface area contributed by atoms with Crippen LogP contribution in [-0.4, -0.2) is 82.6 Å². The van der Waals surface area contributed by atoms with Crippen molar-refractivity contribution in [3.63, 3.8) is 0 Å². The smallest absolute Gasteiger partial charge is 0.408 e. The van der Waals surface area contributed by atoms with Crippen molar-refractivity contribution in [1.82, 2.24) is 31.6 Å². The molecule has 5 rings (SSSR count). The van der Waals surface area contributed by atoms with Gasteiger partial charge in [0.15, 0.2) is 0 Å². The highest BCUT2D eigenvalue weighted by Gasteiger charge is 2.33. The summed E-state index contributed by atoms with van der Waals surface area (Å²) < 4.78 is 5.48. The van der Waals surface area contributed by atoms with Crippen LogP contribution in [0, 0.1) is 0 Å². The van der Waals surface area contributed by atoms with Gasteiger partial charge in [0.05, 0.1) is 6.42 Å². The third-order valence-corrected chi connectivity index (χ3v) is 9.17. The average Bonchev–Trinajstić information content (AvgIpc) is 3.58. The second kappa shape index (κ2) is 18.8. The molecule has 0 spiro atoms. The Morgan fingerprint density at radius 2 is 1.19 bits per heavy atom. The lowest BCUT2D eigenvalue weighted by molar-refractivity contribution is -0.141. The average molecular weight is 777 g/mol. The minimum Gasteiger partial charge on any atom is -0.481 e. The number of alkyl carbamates (subject to hydrolysis) is 1. The molecule has 57 heavy (non-hydrogen) atoms. The first-order valence-corrected chi connectivity index (χ1v) is 18.6. The minimum absolute atomic E-state index is 0.0196. The number of ether oxygens (including phenoxy) is 1. The van der Waals surface area contributed by atoms with E-state index in [0.29, 0.717) is 5.56 Å². The number of amides is 5. The molecule has 4 aromatic carbocycles. The van der Waals surface area contributed by atoms with Crippen LogP contribution >= 0.6 is 0 Å². The van der Waals surface area contributed by atoms with Crippen molar-refractivity contribution < 1.29 is 38.6 Å². The number of H-pyrrole nitrogens is 1. The fraction of sp³-hybridized carbons (Fsp3) is 0.302. The minimum atomic E-state index is -1.63. The molecule has 298 valence electrons. The zero-order valence-corrected chi connectivity index (χ0v) is 32.3. The molecule has 7 N–H and O–H groups in total. The zero-order chi connectivity index (χ0) is 41.1. The molecule has 0 saturated heterocycles. The van der Waals surface area contributed by atoms with E-state index in [-0.39, 0.29) is 19.3 Å². The Hall–Kier alpha value is -6.70. The van der Waals surface area contributed by atoms with Crippen LogP contribution in [0.3, 0.4) is 0 Å². The van der Waals surface area contributed by atoms with Gasteiger partial charge in [-0.05, 0) is 54.3 Å². The number of rotatable bonds is 16. The van der Waals surface area contributed by atoms with Crippen molar-refractivity contribution in [2.24, 2.45) is 0 Å². The number of hydrogen-bond donors (Lipinski definition) is 7. The maximum Gasteiger partial charge on any atom is 0.408 e. The SMILES string of the molecule is CNC(=O)[C@H](Cc1ccccc1)NC(=O)[C@H](CC(=O)O)NC(=O)[C@H](Cc1ccc2ccccc2c1)NC(=O)[C@H](Cc1c[nH]c2ccccc12)NC(=O)OC(C)(C)C. The lowest BCUT2D eigenvalue weighted by Crippen LogP contribution is -2.59. The predicted octanol–water partition coefficient (Wildman–Crippen LogP) is 3.92. The number of nitrogens with one attached hydrogen (secondary N) is 6. The third-order valence-electron chi connectivity index (χ3n) is 9.17. The quantitative estimate of drug-likeness (QED) is 0.0780. The number of hydrogen-bond acceptors (Lipinski definition) is 7. The van der Waals surface area contributed by atoms with E-state index >= 15 is 0 Å². The van der Waals surface area contributed by atoms with E-state index in [4.69, 9.17) is 4.74 Å². The summed E-state index contributed by atoms with van der Waals surface area (Å²) in [5.41, 5.74) is 2.07. The number of carbonyl (C=O) groups excluding carboxylic acids is 5. The molecule has 0 aliphatic carbocycles. The van der Waals surface area contributed by atoms with Gasteiger partial charge in [-0.2, -0.15) is 0 Å².